The zero-order chi connectivity index (χ0) is 26.1. The Bertz CT molecular complexity index is 2550. The van der Waals surface area contributed by atoms with Crippen LogP contribution >= 0.6 is 0 Å². The molecule has 8 heteroatoms. The third-order valence-electron chi connectivity index (χ3n) is 8.73. The fraction of sp³-hybridized carbons (Fsp3) is 0.0667. The first-order valence-electron chi connectivity index (χ1n) is 12.0. The molecule has 0 saturated carbocycles. The van der Waals surface area contributed by atoms with Gasteiger partial charge in [0.15, 0.2) is 39.9 Å². The number of phenolic OH excluding ortho intramolecular Hbond substituents is 6. The predicted octanol–water partition coefficient (Wildman–Crippen LogP) is 4.56. The summed E-state index contributed by atoms with van der Waals surface area (Å²) < 4.78 is 0. The molecule has 182 valence electrons. The molecule has 8 aromatic rings. The minimum absolute atomic E-state index is 0.0149. The molecule has 1 aliphatic carbocycles. The molecule has 8 aromatic carbocycles. The number of rotatable bonds is 0. The van der Waals surface area contributed by atoms with Crippen molar-refractivity contribution in [3.8, 4) is 34.5 Å². The van der Waals surface area contributed by atoms with Gasteiger partial charge in [0.25, 0.3) is 5.43 Å². The van der Waals surface area contributed by atoms with Gasteiger partial charge in [0.2, 0.25) is 0 Å². The van der Waals surface area contributed by atoms with E-state index < -0.39 is 45.4 Å². The van der Waals surface area contributed by atoms with E-state index in [0.29, 0.717) is 45.2 Å². The van der Waals surface area contributed by atoms with Crippen molar-refractivity contribution in [2.45, 2.75) is 12.8 Å². The first-order valence-corrected chi connectivity index (χ1v) is 12.0. The lowest BCUT2D eigenvalue weighted by Gasteiger charge is -2.28. The fourth-order valence-electron chi connectivity index (χ4n) is 7.30. The van der Waals surface area contributed by atoms with Crippen LogP contribution in [0.5, 0.6) is 34.5 Å². The average Bonchev–Trinajstić information content (AvgIpc) is 2.90. The van der Waals surface area contributed by atoms with E-state index in [9.17, 15) is 40.2 Å². The summed E-state index contributed by atoms with van der Waals surface area (Å²) in [7, 11) is 0. The van der Waals surface area contributed by atoms with Crippen LogP contribution in [0, 0.1) is 0 Å². The third-order valence-corrected chi connectivity index (χ3v) is 8.73. The van der Waals surface area contributed by atoms with Gasteiger partial charge in [-0.2, -0.15) is 0 Å². The largest absolute Gasteiger partial charge is 0.504 e. The van der Waals surface area contributed by atoms with Crippen LogP contribution in [-0.2, 0) is 12.8 Å². The van der Waals surface area contributed by atoms with Crippen LogP contribution in [0.25, 0.3) is 75.4 Å². The highest BCUT2D eigenvalue weighted by atomic mass is 16.3. The molecule has 0 bridgehead atoms. The summed E-state index contributed by atoms with van der Waals surface area (Å²) in [6.45, 7) is 0. The highest BCUT2D eigenvalue weighted by Gasteiger charge is 2.33. The van der Waals surface area contributed by atoms with Gasteiger partial charge < -0.3 is 30.6 Å². The van der Waals surface area contributed by atoms with Crippen LogP contribution in [0.15, 0.2) is 33.9 Å². The van der Waals surface area contributed by atoms with E-state index in [0.717, 1.165) is 21.9 Å². The van der Waals surface area contributed by atoms with Gasteiger partial charge in [0.05, 0.1) is 5.39 Å². The van der Waals surface area contributed by atoms with Gasteiger partial charge in [0, 0.05) is 48.5 Å². The molecule has 0 atom stereocenters. The Labute approximate surface area is 209 Å². The SMILES string of the molecule is O=c1c(O)c2cc3c4c5c(cc(=O)c6c(O)c(O)c7cc8c(O)c(O)cc9c(c1O)c2c4c(c89)c7c65)CC3. The number of fused-ring (bicyclic) bond motifs is 1. The monoisotopic (exact) mass is 502 g/mol. The van der Waals surface area contributed by atoms with E-state index in [1.165, 1.54) is 18.2 Å². The predicted molar refractivity (Wildman–Crippen MR) is 144 cm³/mol. The van der Waals surface area contributed by atoms with E-state index in [1.54, 1.807) is 6.07 Å². The summed E-state index contributed by atoms with van der Waals surface area (Å²) in [5, 5.41) is 71.0. The van der Waals surface area contributed by atoms with Gasteiger partial charge in [-0.05, 0) is 69.8 Å². The van der Waals surface area contributed by atoms with E-state index in [1.807, 2.05) is 0 Å². The standard InChI is InChI=1S/C30H14O8/c31-13-4-8-2-1-7-3-10-18-20(28(36)30(38)27(10)35)9-6-14(32)25(33)11-5-12-19-22(21(13)29(37)26(12)34)16(8)15(7)23(18)24(19)17(9)11/h3-6,32-37H,1-2H2. The summed E-state index contributed by atoms with van der Waals surface area (Å²) in [6, 6.07) is 5.89. The molecule has 0 unspecified atom stereocenters. The fourth-order valence-corrected chi connectivity index (χ4v) is 7.30. The van der Waals surface area contributed by atoms with Gasteiger partial charge >= 0.3 is 0 Å². The molecule has 0 amide bonds. The van der Waals surface area contributed by atoms with Gasteiger partial charge in [-0.25, -0.2) is 0 Å². The second-order valence-electron chi connectivity index (χ2n) is 10.4. The highest BCUT2D eigenvalue weighted by molar-refractivity contribution is 6.50. The number of aromatic hydroxyl groups is 6. The number of hydrogen-bond acceptors (Lipinski definition) is 8. The maximum absolute atomic E-state index is 13.3. The molecule has 0 spiro atoms. The minimum atomic E-state index is -0.946. The molecule has 9 rings (SSSR count). The topological polar surface area (TPSA) is 156 Å². The lowest BCUT2D eigenvalue weighted by atomic mass is 9.75. The van der Waals surface area contributed by atoms with Crippen molar-refractivity contribution in [3.63, 3.8) is 0 Å². The zero-order valence-electron chi connectivity index (χ0n) is 19.2. The van der Waals surface area contributed by atoms with Gasteiger partial charge in [0.1, 0.15) is 0 Å². The van der Waals surface area contributed by atoms with Crippen LogP contribution in [0.2, 0.25) is 0 Å². The van der Waals surface area contributed by atoms with E-state index in [4.69, 9.17) is 0 Å². The van der Waals surface area contributed by atoms with Gasteiger partial charge in [-0.15, -0.1) is 0 Å². The van der Waals surface area contributed by atoms with Crippen molar-refractivity contribution in [1.82, 2.24) is 0 Å². The zero-order valence-corrected chi connectivity index (χ0v) is 19.2. The summed E-state index contributed by atoms with van der Waals surface area (Å²) >= 11 is 0. The Kier molecular flexibility index (Phi) is 2.97. The van der Waals surface area contributed by atoms with E-state index in [2.05, 4.69) is 0 Å². The maximum Gasteiger partial charge on any atom is 0.262 e. The molecule has 0 aromatic heterocycles. The molecule has 0 fully saturated rings. The summed E-state index contributed by atoms with van der Waals surface area (Å²) in [6.07, 6.45) is 1.03. The van der Waals surface area contributed by atoms with Crippen molar-refractivity contribution in [2.24, 2.45) is 0 Å². The second kappa shape index (κ2) is 5.68. The normalized spacial score (nSPS) is 13.9. The van der Waals surface area contributed by atoms with Crippen LogP contribution in [0.3, 0.4) is 0 Å². The van der Waals surface area contributed by atoms with Crippen molar-refractivity contribution in [3.05, 3.63) is 55.8 Å². The van der Waals surface area contributed by atoms with Crippen molar-refractivity contribution >= 4 is 75.4 Å². The molecular weight excluding hydrogens is 488 g/mol. The lowest BCUT2D eigenvalue weighted by Crippen LogP contribution is -2.11. The molecule has 0 heterocycles. The summed E-state index contributed by atoms with van der Waals surface area (Å²) in [5.41, 5.74) is 0.224. The average molecular weight is 502 g/mol. The molecule has 0 aliphatic heterocycles. The Morgan fingerprint density at radius 2 is 1.00 bits per heavy atom. The Balaban J connectivity index is 1.87. The molecule has 0 radical (unpaired) electrons. The smallest absolute Gasteiger partial charge is 0.262 e. The Hall–Kier alpha value is -5.24. The molecule has 6 N–H and O–H groups in total. The van der Waals surface area contributed by atoms with Gasteiger partial charge in [-0.1, -0.05) is 0 Å². The van der Waals surface area contributed by atoms with Crippen molar-refractivity contribution < 1.29 is 30.6 Å². The quantitative estimate of drug-likeness (QED) is 0.100. The van der Waals surface area contributed by atoms with Crippen LogP contribution in [0.1, 0.15) is 11.1 Å². The minimum Gasteiger partial charge on any atom is -0.504 e. The van der Waals surface area contributed by atoms with E-state index in [-0.39, 0.29) is 32.3 Å². The summed E-state index contributed by atoms with van der Waals surface area (Å²) in [4.78, 5) is 26.2. The first-order chi connectivity index (χ1) is 18.2. The molecule has 38 heavy (non-hydrogen) atoms. The van der Waals surface area contributed by atoms with Gasteiger partial charge in [-0.3, -0.25) is 9.59 Å². The number of benzene rings is 8. The number of aryl methyl sites for hydroxylation is 2. The Morgan fingerprint density at radius 1 is 0.421 bits per heavy atom. The molecule has 0 saturated heterocycles. The highest BCUT2D eigenvalue weighted by Crippen LogP contribution is 2.58. The van der Waals surface area contributed by atoms with Crippen LogP contribution in [0.4, 0.5) is 0 Å². The third kappa shape index (κ3) is 1.78. The second-order valence-corrected chi connectivity index (χ2v) is 10.4. The number of phenols is 6. The van der Waals surface area contributed by atoms with Crippen molar-refractivity contribution in [2.75, 3.05) is 0 Å². The Morgan fingerprint density at radius 3 is 1.74 bits per heavy atom. The van der Waals surface area contributed by atoms with Crippen LogP contribution < -0.4 is 10.9 Å². The van der Waals surface area contributed by atoms with E-state index >= 15 is 0 Å². The first kappa shape index (κ1) is 19.9. The maximum atomic E-state index is 13.3. The molecule has 1 aliphatic rings. The number of hydrogen-bond donors (Lipinski definition) is 6. The van der Waals surface area contributed by atoms with Crippen molar-refractivity contribution in [1.29, 1.82) is 0 Å². The van der Waals surface area contributed by atoms with Crippen LogP contribution in [-0.4, -0.2) is 30.6 Å². The molecular formula is C30H14O8. The molecule has 8 nitrogen and oxygen atoms in total. The summed E-state index contributed by atoms with van der Waals surface area (Å²) in [5.74, 6) is -3.37. The lowest BCUT2D eigenvalue weighted by molar-refractivity contribution is 0.408.